The van der Waals surface area contributed by atoms with Crippen molar-refractivity contribution in [1.29, 1.82) is 0 Å². The van der Waals surface area contributed by atoms with E-state index in [2.05, 4.69) is 28.1 Å². The van der Waals surface area contributed by atoms with Gasteiger partial charge in [-0.1, -0.05) is 24.3 Å². The zero-order valence-corrected chi connectivity index (χ0v) is 14.7. The number of anilines is 1. The van der Waals surface area contributed by atoms with E-state index in [-0.39, 0.29) is 11.6 Å². The van der Waals surface area contributed by atoms with Crippen molar-refractivity contribution in [3.8, 4) is 5.69 Å². The van der Waals surface area contributed by atoms with Crippen molar-refractivity contribution in [3.05, 3.63) is 69.3 Å². The van der Waals surface area contributed by atoms with Gasteiger partial charge in [0, 0.05) is 11.9 Å². The van der Waals surface area contributed by atoms with Crippen LogP contribution in [0.1, 0.15) is 17.8 Å². The molecule has 0 fully saturated rings. The normalized spacial score (nSPS) is 12.4. The number of para-hydroxylation sites is 1. The van der Waals surface area contributed by atoms with Gasteiger partial charge in [-0.15, -0.1) is 11.3 Å². The van der Waals surface area contributed by atoms with Gasteiger partial charge in [-0.05, 0) is 30.5 Å². The van der Waals surface area contributed by atoms with Crippen molar-refractivity contribution in [2.45, 2.75) is 13.0 Å². The number of aromatic nitrogens is 4. The van der Waals surface area contributed by atoms with E-state index in [1.165, 1.54) is 4.88 Å². The Morgan fingerprint density at radius 2 is 2.00 bits per heavy atom. The molecule has 0 bridgehead atoms. The lowest BCUT2D eigenvalue weighted by Gasteiger charge is -2.24. The highest BCUT2D eigenvalue weighted by molar-refractivity contribution is 7.10. The van der Waals surface area contributed by atoms with E-state index in [1.807, 2.05) is 53.7 Å². The molecular formula is C18H17N5OS. The second-order valence-corrected chi connectivity index (χ2v) is 6.80. The molecule has 126 valence electrons. The van der Waals surface area contributed by atoms with Crippen molar-refractivity contribution in [2.24, 2.45) is 0 Å². The Kier molecular flexibility index (Phi) is 3.85. The quantitative estimate of drug-likeness (QED) is 0.612. The summed E-state index contributed by atoms with van der Waals surface area (Å²) >= 11 is 1.68. The van der Waals surface area contributed by atoms with Crippen LogP contribution in [0.15, 0.2) is 58.8 Å². The molecule has 1 aromatic carbocycles. The minimum atomic E-state index is -0.188. The minimum absolute atomic E-state index is 0.105. The predicted octanol–water partition coefficient (Wildman–Crippen LogP) is 3.37. The van der Waals surface area contributed by atoms with Crippen LogP contribution in [0.25, 0.3) is 16.7 Å². The summed E-state index contributed by atoms with van der Waals surface area (Å²) in [4.78, 5) is 23.2. The molecule has 25 heavy (non-hydrogen) atoms. The molecule has 0 saturated heterocycles. The van der Waals surface area contributed by atoms with Gasteiger partial charge < -0.3 is 4.90 Å². The van der Waals surface area contributed by atoms with Crippen LogP contribution in [0.2, 0.25) is 0 Å². The second-order valence-electron chi connectivity index (χ2n) is 5.82. The van der Waals surface area contributed by atoms with Crippen LogP contribution < -0.4 is 10.5 Å². The maximum absolute atomic E-state index is 12.5. The first-order chi connectivity index (χ1) is 12.1. The highest BCUT2D eigenvalue weighted by Gasteiger charge is 2.18. The third kappa shape index (κ3) is 2.72. The zero-order chi connectivity index (χ0) is 17.4. The Labute approximate surface area is 148 Å². The SMILES string of the molecule is CC(c1cccs1)N(C)c1nc2c(cnn2-c2ccccc2)c(=O)[nH]1. The average Bonchev–Trinajstić information content (AvgIpc) is 3.31. The number of nitrogens with zero attached hydrogens (tertiary/aromatic N) is 4. The highest BCUT2D eigenvalue weighted by Crippen LogP contribution is 2.26. The number of hydrogen-bond acceptors (Lipinski definition) is 5. The van der Waals surface area contributed by atoms with Gasteiger partial charge in [-0.25, -0.2) is 4.68 Å². The highest BCUT2D eigenvalue weighted by atomic mass is 32.1. The monoisotopic (exact) mass is 351 g/mol. The topological polar surface area (TPSA) is 66.8 Å². The van der Waals surface area contributed by atoms with Gasteiger partial charge in [0.2, 0.25) is 5.95 Å². The molecule has 3 aromatic heterocycles. The number of thiophene rings is 1. The number of fused-ring (bicyclic) bond motifs is 1. The molecule has 1 unspecified atom stereocenters. The van der Waals surface area contributed by atoms with Crippen LogP contribution in [0, 0.1) is 0 Å². The molecule has 0 aliphatic heterocycles. The molecule has 1 N–H and O–H groups in total. The lowest BCUT2D eigenvalue weighted by molar-refractivity contribution is 0.726. The first-order valence-corrected chi connectivity index (χ1v) is 8.83. The number of hydrogen-bond donors (Lipinski definition) is 1. The molecule has 0 saturated carbocycles. The van der Waals surface area contributed by atoms with Crippen LogP contribution >= 0.6 is 11.3 Å². The fourth-order valence-electron chi connectivity index (χ4n) is 2.74. The first-order valence-electron chi connectivity index (χ1n) is 7.95. The van der Waals surface area contributed by atoms with E-state index in [0.717, 1.165) is 5.69 Å². The first kappa shape index (κ1) is 15.6. The molecule has 0 aliphatic carbocycles. The standard InChI is InChI=1S/C18H17N5OS/c1-12(15-9-6-10-25-15)22(2)18-20-16-14(17(24)21-18)11-19-23(16)13-7-4-3-5-8-13/h3-12H,1-2H3,(H,20,21,24). The van der Waals surface area contributed by atoms with Crippen molar-refractivity contribution in [1.82, 2.24) is 19.7 Å². The van der Waals surface area contributed by atoms with E-state index in [4.69, 9.17) is 0 Å². The van der Waals surface area contributed by atoms with E-state index in [0.29, 0.717) is 17.0 Å². The van der Waals surface area contributed by atoms with E-state index < -0.39 is 0 Å². The third-order valence-corrected chi connectivity index (χ3v) is 5.34. The molecule has 0 amide bonds. The van der Waals surface area contributed by atoms with Gasteiger partial charge >= 0.3 is 0 Å². The lowest BCUT2D eigenvalue weighted by atomic mass is 10.2. The molecular weight excluding hydrogens is 334 g/mol. The van der Waals surface area contributed by atoms with Gasteiger partial charge in [0.25, 0.3) is 5.56 Å². The summed E-state index contributed by atoms with van der Waals surface area (Å²) in [7, 11) is 1.93. The molecule has 4 aromatic rings. The largest absolute Gasteiger partial charge is 0.338 e. The summed E-state index contributed by atoms with van der Waals surface area (Å²) in [6, 6.07) is 13.9. The van der Waals surface area contributed by atoms with E-state index >= 15 is 0 Å². The van der Waals surface area contributed by atoms with Crippen LogP contribution in [0.5, 0.6) is 0 Å². The maximum atomic E-state index is 12.5. The van der Waals surface area contributed by atoms with Gasteiger partial charge in [-0.2, -0.15) is 10.1 Å². The minimum Gasteiger partial charge on any atom is -0.338 e. The number of H-pyrrole nitrogens is 1. The predicted molar refractivity (Wildman–Crippen MR) is 101 cm³/mol. The summed E-state index contributed by atoms with van der Waals surface area (Å²) in [6.45, 7) is 2.09. The number of aromatic amines is 1. The summed E-state index contributed by atoms with van der Waals surface area (Å²) < 4.78 is 1.69. The Balaban J connectivity index is 1.82. The van der Waals surface area contributed by atoms with Gasteiger partial charge in [-0.3, -0.25) is 9.78 Å². The van der Waals surface area contributed by atoms with Crippen LogP contribution in [-0.4, -0.2) is 26.8 Å². The number of nitrogens with one attached hydrogen (secondary N) is 1. The van der Waals surface area contributed by atoms with Crippen LogP contribution in [0.3, 0.4) is 0 Å². The summed E-state index contributed by atoms with van der Waals surface area (Å²) in [5, 5.41) is 6.86. The fraction of sp³-hybridized carbons (Fsp3) is 0.167. The molecule has 3 heterocycles. The molecule has 6 nitrogen and oxygen atoms in total. The van der Waals surface area contributed by atoms with Gasteiger partial charge in [0.15, 0.2) is 5.65 Å². The Morgan fingerprint density at radius 1 is 1.20 bits per heavy atom. The van der Waals surface area contributed by atoms with Crippen molar-refractivity contribution in [3.63, 3.8) is 0 Å². The molecule has 0 aliphatic rings. The Morgan fingerprint density at radius 3 is 2.72 bits per heavy atom. The van der Waals surface area contributed by atoms with E-state index in [1.54, 1.807) is 22.2 Å². The van der Waals surface area contributed by atoms with E-state index in [9.17, 15) is 4.79 Å². The van der Waals surface area contributed by atoms with Crippen LogP contribution in [0.4, 0.5) is 5.95 Å². The van der Waals surface area contributed by atoms with Gasteiger partial charge in [0.1, 0.15) is 5.39 Å². The van der Waals surface area contributed by atoms with Gasteiger partial charge in [0.05, 0.1) is 17.9 Å². The number of benzene rings is 1. The summed E-state index contributed by atoms with van der Waals surface area (Å²) in [6.07, 6.45) is 1.56. The molecule has 0 radical (unpaired) electrons. The smallest absolute Gasteiger partial charge is 0.263 e. The Hall–Kier alpha value is -2.93. The van der Waals surface area contributed by atoms with Crippen molar-refractivity contribution < 1.29 is 0 Å². The lowest BCUT2D eigenvalue weighted by Crippen LogP contribution is -2.26. The number of rotatable bonds is 4. The second kappa shape index (κ2) is 6.18. The summed E-state index contributed by atoms with van der Waals surface area (Å²) in [5.74, 6) is 0.524. The average molecular weight is 351 g/mol. The maximum Gasteiger partial charge on any atom is 0.263 e. The third-order valence-electron chi connectivity index (χ3n) is 4.30. The summed E-state index contributed by atoms with van der Waals surface area (Å²) in [5.41, 5.74) is 1.23. The molecule has 1 atom stereocenters. The Bertz CT molecular complexity index is 1050. The molecule has 7 heteroatoms. The van der Waals surface area contributed by atoms with Crippen LogP contribution in [-0.2, 0) is 0 Å². The molecule has 0 spiro atoms. The fourth-order valence-corrected chi connectivity index (χ4v) is 3.56. The van der Waals surface area contributed by atoms with Crippen molar-refractivity contribution in [2.75, 3.05) is 11.9 Å². The molecule has 4 rings (SSSR count). The van der Waals surface area contributed by atoms with Crippen molar-refractivity contribution >= 4 is 28.3 Å². The zero-order valence-electron chi connectivity index (χ0n) is 13.9.